The highest BCUT2D eigenvalue weighted by atomic mass is 14.9. The Balaban J connectivity index is 2.94. The molecule has 0 atom stereocenters. The molecule has 1 rings (SSSR count). The van der Waals surface area contributed by atoms with Crippen LogP contribution in [0.3, 0.4) is 0 Å². The molecule has 1 heterocycles. The second-order valence-corrected chi connectivity index (χ2v) is 4.43. The van der Waals surface area contributed by atoms with Crippen LogP contribution in [0.2, 0.25) is 0 Å². The minimum Gasteiger partial charge on any atom is -0.382 e. The van der Waals surface area contributed by atoms with Crippen LogP contribution in [-0.4, -0.2) is 9.97 Å². The van der Waals surface area contributed by atoms with Crippen molar-refractivity contribution in [2.24, 2.45) is 5.41 Å². The lowest BCUT2D eigenvalue weighted by Crippen LogP contribution is -2.13. The van der Waals surface area contributed by atoms with E-state index < -0.39 is 0 Å². The number of nitrogens with two attached hydrogens (primary N) is 1. The lowest BCUT2D eigenvalue weighted by Gasteiger charge is -2.16. The van der Waals surface area contributed by atoms with Gasteiger partial charge in [0.1, 0.15) is 23.3 Å². The number of rotatable bonds is 1. The molecule has 4 nitrogen and oxygen atoms in total. The zero-order chi connectivity index (χ0) is 10.8. The minimum absolute atomic E-state index is 0.126. The standard InChI is InChI=1S/C10H14N4/c1-10(2,3)4-8-13-6-7(5-11)9(12)14-8/h6H,4H2,1-3H3,(H2,12,13,14). The molecule has 14 heavy (non-hydrogen) atoms. The Morgan fingerprint density at radius 2 is 2.14 bits per heavy atom. The van der Waals surface area contributed by atoms with E-state index in [2.05, 4.69) is 30.7 Å². The number of nitrogens with zero attached hydrogens (tertiary/aromatic N) is 3. The van der Waals surface area contributed by atoms with Gasteiger partial charge < -0.3 is 5.73 Å². The third-order valence-electron chi connectivity index (χ3n) is 1.68. The minimum atomic E-state index is 0.126. The highest BCUT2D eigenvalue weighted by molar-refractivity contribution is 5.46. The fourth-order valence-corrected chi connectivity index (χ4v) is 1.08. The maximum Gasteiger partial charge on any atom is 0.145 e. The van der Waals surface area contributed by atoms with Crippen LogP contribution in [0.4, 0.5) is 5.82 Å². The summed E-state index contributed by atoms with van der Waals surface area (Å²) in [4.78, 5) is 8.16. The Hall–Kier alpha value is -1.63. The largest absolute Gasteiger partial charge is 0.382 e. The lowest BCUT2D eigenvalue weighted by atomic mass is 9.92. The summed E-state index contributed by atoms with van der Waals surface area (Å²) < 4.78 is 0. The van der Waals surface area contributed by atoms with Crippen molar-refractivity contribution in [2.45, 2.75) is 27.2 Å². The van der Waals surface area contributed by atoms with Gasteiger partial charge in [-0.25, -0.2) is 9.97 Å². The molecule has 0 aliphatic heterocycles. The molecule has 0 bridgehead atoms. The van der Waals surface area contributed by atoms with Crippen molar-refractivity contribution in [2.75, 3.05) is 5.73 Å². The molecule has 0 aliphatic rings. The molecule has 0 amide bonds. The van der Waals surface area contributed by atoms with Crippen LogP contribution in [0.5, 0.6) is 0 Å². The van der Waals surface area contributed by atoms with Gasteiger partial charge >= 0.3 is 0 Å². The van der Waals surface area contributed by atoms with E-state index in [4.69, 9.17) is 11.0 Å². The highest BCUT2D eigenvalue weighted by Gasteiger charge is 2.14. The summed E-state index contributed by atoms with van der Waals surface area (Å²) in [6, 6.07) is 1.94. The number of nitriles is 1. The van der Waals surface area contributed by atoms with Gasteiger partial charge in [0.15, 0.2) is 0 Å². The summed E-state index contributed by atoms with van der Waals surface area (Å²) in [5.74, 6) is 0.954. The van der Waals surface area contributed by atoms with E-state index in [9.17, 15) is 0 Å². The van der Waals surface area contributed by atoms with Crippen LogP contribution in [0.25, 0.3) is 0 Å². The van der Waals surface area contributed by atoms with Gasteiger partial charge in [0.05, 0.1) is 6.20 Å². The topological polar surface area (TPSA) is 75.6 Å². The first-order chi connectivity index (χ1) is 6.42. The third-order valence-corrected chi connectivity index (χ3v) is 1.68. The Morgan fingerprint density at radius 3 is 2.57 bits per heavy atom. The number of aromatic nitrogens is 2. The van der Waals surface area contributed by atoms with Crippen LogP contribution in [0.15, 0.2) is 6.20 Å². The molecule has 0 saturated carbocycles. The maximum atomic E-state index is 8.63. The summed E-state index contributed by atoms with van der Waals surface area (Å²) in [5, 5.41) is 8.63. The summed E-state index contributed by atoms with van der Waals surface area (Å²) in [7, 11) is 0. The van der Waals surface area contributed by atoms with E-state index >= 15 is 0 Å². The van der Waals surface area contributed by atoms with E-state index in [1.165, 1.54) is 6.20 Å². The van der Waals surface area contributed by atoms with Gasteiger partial charge in [-0.1, -0.05) is 20.8 Å². The predicted octanol–water partition coefficient (Wildman–Crippen LogP) is 1.52. The fraction of sp³-hybridized carbons (Fsp3) is 0.500. The van der Waals surface area contributed by atoms with E-state index in [1.807, 2.05) is 6.07 Å². The predicted molar refractivity (Wildman–Crippen MR) is 54.3 cm³/mol. The van der Waals surface area contributed by atoms with Gasteiger partial charge in [0.2, 0.25) is 0 Å². The van der Waals surface area contributed by atoms with Gasteiger partial charge in [-0.15, -0.1) is 0 Å². The normalized spacial score (nSPS) is 11.0. The van der Waals surface area contributed by atoms with Crippen molar-refractivity contribution in [1.82, 2.24) is 9.97 Å². The monoisotopic (exact) mass is 190 g/mol. The summed E-state index contributed by atoms with van der Waals surface area (Å²) in [6.45, 7) is 6.31. The molecule has 0 fully saturated rings. The molecule has 2 N–H and O–H groups in total. The molecule has 4 heteroatoms. The van der Waals surface area contributed by atoms with Crippen molar-refractivity contribution in [3.05, 3.63) is 17.6 Å². The van der Waals surface area contributed by atoms with E-state index in [-0.39, 0.29) is 11.2 Å². The zero-order valence-corrected chi connectivity index (χ0v) is 8.70. The Labute approximate surface area is 83.8 Å². The molecule has 74 valence electrons. The zero-order valence-electron chi connectivity index (χ0n) is 8.70. The Kier molecular flexibility index (Phi) is 2.70. The Bertz CT molecular complexity index is 371. The Morgan fingerprint density at radius 1 is 1.50 bits per heavy atom. The molecule has 0 spiro atoms. The first-order valence-corrected chi connectivity index (χ1v) is 4.44. The molecule has 0 radical (unpaired) electrons. The quantitative estimate of drug-likeness (QED) is 0.728. The SMILES string of the molecule is CC(C)(C)Cc1ncc(C#N)c(N)n1. The van der Waals surface area contributed by atoms with E-state index in [0.29, 0.717) is 11.4 Å². The van der Waals surface area contributed by atoms with Crippen LogP contribution in [-0.2, 0) is 6.42 Å². The van der Waals surface area contributed by atoms with Gasteiger partial charge in [-0.05, 0) is 5.41 Å². The molecular weight excluding hydrogens is 176 g/mol. The van der Waals surface area contributed by atoms with E-state index in [1.54, 1.807) is 0 Å². The average molecular weight is 190 g/mol. The molecule has 1 aromatic heterocycles. The van der Waals surface area contributed by atoms with Crippen LogP contribution in [0, 0.1) is 16.7 Å². The lowest BCUT2D eigenvalue weighted by molar-refractivity contribution is 0.401. The number of hydrogen-bond donors (Lipinski definition) is 1. The van der Waals surface area contributed by atoms with Crippen molar-refractivity contribution in [1.29, 1.82) is 5.26 Å². The first kappa shape index (κ1) is 10.5. The summed E-state index contributed by atoms with van der Waals surface area (Å²) >= 11 is 0. The van der Waals surface area contributed by atoms with Crippen LogP contribution >= 0.6 is 0 Å². The van der Waals surface area contributed by atoms with Gasteiger partial charge in [0.25, 0.3) is 0 Å². The summed E-state index contributed by atoms with van der Waals surface area (Å²) in [5.41, 5.74) is 6.04. The number of hydrogen-bond acceptors (Lipinski definition) is 4. The fourth-order valence-electron chi connectivity index (χ4n) is 1.08. The van der Waals surface area contributed by atoms with Gasteiger partial charge in [-0.2, -0.15) is 5.26 Å². The molecule has 0 saturated heterocycles. The number of anilines is 1. The second kappa shape index (κ2) is 3.62. The highest BCUT2D eigenvalue weighted by Crippen LogP contribution is 2.19. The van der Waals surface area contributed by atoms with Crippen molar-refractivity contribution in [3.8, 4) is 6.07 Å². The second-order valence-electron chi connectivity index (χ2n) is 4.43. The van der Waals surface area contributed by atoms with E-state index in [0.717, 1.165) is 6.42 Å². The first-order valence-electron chi connectivity index (χ1n) is 4.44. The van der Waals surface area contributed by atoms with Gasteiger partial charge in [-0.3, -0.25) is 0 Å². The van der Waals surface area contributed by atoms with Gasteiger partial charge in [0, 0.05) is 6.42 Å². The molecular formula is C10H14N4. The van der Waals surface area contributed by atoms with Crippen molar-refractivity contribution >= 4 is 5.82 Å². The smallest absolute Gasteiger partial charge is 0.145 e. The third kappa shape index (κ3) is 2.70. The van der Waals surface area contributed by atoms with Crippen LogP contribution < -0.4 is 5.73 Å². The molecule has 0 aliphatic carbocycles. The molecule has 0 unspecified atom stereocenters. The molecule has 0 aromatic carbocycles. The van der Waals surface area contributed by atoms with Crippen molar-refractivity contribution < 1.29 is 0 Å². The maximum absolute atomic E-state index is 8.63. The average Bonchev–Trinajstić information content (AvgIpc) is 2.01. The summed E-state index contributed by atoms with van der Waals surface area (Å²) in [6.07, 6.45) is 2.23. The molecule has 1 aromatic rings. The van der Waals surface area contributed by atoms with Crippen LogP contribution in [0.1, 0.15) is 32.2 Å². The van der Waals surface area contributed by atoms with Crippen molar-refractivity contribution in [3.63, 3.8) is 0 Å². The number of nitrogen functional groups attached to an aromatic ring is 1.